The lowest BCUT2D eigenvalue weighted by Crippen LogP contribution is -2.50. The molecule has 25 heavy (non-hydrogen) atoms. The van der Waals surface area contributed by atoms with E-state index in [4.69, 9.17) is 11.6 Å². The Morgan fingerprint density at radius 3 is 2.32 bits per heavy atom. The van der Waals surface area contributed by atoms with E-state index in [2.05, 4.69) is 17.0 Å². The van der Waals surface area contributed by atoms with Crippen molar-refractivity contribution < 1.29 is 4.79 Å². The molecular formula is C20H23ClN2OS. The maximum absolute atomic E-state index is 12.7. The monoisotopic (exact) mass is 374 g/mol. The van der Waals surface area contributed by atoms with Gasteiger partial charge in [-0.05, 0) is 36.8 Å². The second-order valence-electron chi connectivity index (χ2n) is 6.23. The van der Waals surface area contributed by atoms with Crippen LogP contribution in [0.3, 0.4) is 0 Å². The predicted octanol–water partition coefficient (Wildman–Crippen LogP) is 4.31. The number of halogens is 1. The molecule has 0 N–H and O–H groups in total. The van der Waals surface area contributed by atoms with Crippen molar-refractivity contribution in [3.63, 3.8) is 0 Å². The van der Waals surface area contributed by atoms with Crippen molar-refractivity contribution in [3.05, 3.63) is 65.2 Å². The lowest BCUT2D eigenvalue weighted by Gasteiger charge is -2.37. The van der Waals surface area contributed by atoms with Gasteiger partial charge in [-0.25, -0.2) is 0 Å². The van der Waals surface area contributed by atoms with Crippen molar-refractivity contribution in [2.45, 2.75) is 17.9 Å². The summed E-state index contributed by atoms with van der Waals surface area (Å²) in [4.78, 5) is 17.0. The van der Waals surface area contributed by atoms with Gasteiger partial charge in [-0.15, -0.1) is 11.8 Å². The van der Waals surface area contributed by atoms with Gasteiger partial charge in [-0.3, -0.25) is 4.79 Å². The predicted molar refractivity (Wildman–Crippen MR) is 107 cm³/mol. The fourth-order valence-corrected chi connectivity index (χ4v) is 4.01. The minimum atomic E-state index is -0.0118. The Labute approximate surface area is 159 Å². The molecule has 1 unspecified atom stereocenters. The molecule has 0 saturated carbocycles. The number of thioether (sulfide) groups is 1. The second kappa shape index (κ2) is 8.63. The van der Waals surface area contributed by atoms with E-state index in [1.165, 1.54) is 11.3 Å². The highest BCUT2D eigenvalue weighted by Crippen LogP contribution is 2.22. The molecule has 3 rings (SSSR count). The number of nitrogens with zero attached hydrogens (tertiary/aromatic N) is 2. The average molecular weight is 375 g/mol. The van der Waals surface area contributed by atoms with Crippen LogP contribution in [0.1, 0.15) is 12.5 Å². The summed E-state index contributed by atoms with van der Waals surface area (Å²) < 4.78 is 0. The number of piperazine rings is 1. The minimum absolute atomic E-state index is 0.0118. The minimum Gasteiger partial charge on any atom is -0.368 e. The smallest absolute Gasteiger partial charge is 0.235 e. The standard InChI is InChI=1S/C20H23ClN2OS/c1-16(25-15-17-5-3-2-4-6-17)20(24)23-13-11-22(12-14-23)19-9-7-18(21)8-10-19/h2-10,16H,11-15H2,1H3. The van der Waals surface area contributed by atoms with Gasteiger partial charge in [0.1, 0.15) is 0 Å². The van der Waals surface area contributed by atoms with Crippen LogP contribution in [-0.2, 0) is 10.5 Å². The maximum Gasteiger partial charge on any atom is 0.235 e. The normalized spacial score (nSPS) is 15.9. The van der Waals surface area contributed by atoms with E-state index in [1.54, 1.807) is 11.8 Å². The van der Waals surface area contributed by atoms with Crippen LogP contribution in [0.5, 0.6) is 0 Å². The number of benzene rings is 2. The Kier molecular flexibility index (Phi) is 6.27. The van der Waals surface area contributed by atoms with Crippen LogP contribution in [0.25, 0.3) is 0 Å². The summed E-state index contributed by atoms with van der Waals surface area (Å²) >= 11 is 7.66. The molecule has 132 valence electrons. The number of hydrogen-bond acceptors (Lipinski definition) is 3. The van der Waals surface area contributed by atoms with E-state index in [1.807, 2.05) is 54.3 Å². The molecule has 1 atom stereocenters. The van der Waals surface area contributed by atoms with E-state index in [0.29, 0.717) is 0 Å². The van der Waals surface area contributed by atoms with Crippen LogP contribution < -0.4 is 4.90 Å². The van der Waals surface area contributed by atoms with Gasteiger partial charge in [-0.1, -0.05) is 41.9 Å². The Morgan fingerprint density at radius 1 is 1.04 bits per heavy atom. The number of anilines is 1. The van der Waals surface area contributed by atoms with Gasteiger partial charge in [0.2, 0.25) is 5.91 Å². The molecule has 1 aliphatic heterocycles. The Hall–Kier alpha value is -1.65. The summed E-state index contributed by atoms with van der Waals surface area (Å²) in [6, 6.07) is 18.2. The van der Waals surface area contributed by atoms with Crippen LogP contribution in [-0.4, -0.2) is 42.2 Å². The van der Waals surface area contributed by atoms with Crippen molar-refractivity contribution in [3.8, 4) is 0 Å². The molecule has 0 spiro atoms. The summed E-state index contributed by atoms with van der Waals surface area (Å²) in [7, 11) is 0. The zero-order chi connectivity index (χ0) is 17.6. The van der Waals surface area contributed by atoms with Crippen molar-refractivity contribution in [1.29, 1.82) is 0 Å². The highest BCUT2D eigenvalue weighted by molar-refractivity contribution is 7.99. The molecule has 5 heteroatoms. The largest absolute Gasteiger partial charge is 0.368 e. The molecule has 1 heterocycles. The number of hydrogen-bond donors (Lipinski definition) is 0. The highest BCUT2D eigenvalue weighted by atomic mass is 35.5. The zero-order valence-electron chi connectivity index (χ0n) is 14.4. The molecule has 1 fully saturated rings. The number of amides is 1. The first-order valence-electron chi connectivity index (χ1n) is 8.58. The fourth-order valence-electron chi connectivity index (χ4n) is 2.96. The molecule has 0 aromatic heterocycles. The van der Waals surface area contributed by atoms with Gasteiger partial charge in [0.25, 0.3) is 0 Å². The lowest BCUT2D eigenvalue weighted by atomic mass is 10.2. The fraction of sp³-hybridized carbons (Fsp3) is 0.350. The Morgan fingerprint density at radius 2 is 1.68 bits per heavy atom. The topological polar surface area (TPSA) is 23.6 Å². The quantitative estimate of drug-likeness (QED) is 0.779. The van der Waals surface area contributed by atoms with Gasteiger partial charge < -0.3 is 9.80 Å². The first-order chi connectivity index (χ1) is 12.1. The average Bonchev–Trinajstić information content (AvgIpc) is 2.67. The highest BCUT2D eigenvalue weighted by Gasteiger charge is 2.25. The zero-order valence-corrected chi connectivity index (χ0v) is 16.0. The summed E-state index contributed by atoms with van der Waals surface area (Å²) in [6.07, 6.45) is 0. The molecule has 0 bridgehead atoms. The van der Waals surface area contributed by atoms with Crippen LogP contribution in [0.2, 0.25) is 5.02 Å². The van der Waals surface area contributed by atoms with E-state index in [0.717, 1.165) is 37.0 Å². The van der Waals surface area contributed by atoms with Crippen molar-refractivity contribution in [2.24, 2.45) is 0 Å². The molecule has 0 radical (unpaired) electrons. The summed E-state index contributed by atoms with van der Waals surface area (Å²) in [5.41, 5.74) is 2.43. The summed E-state index contributed by atoms with van der Waals surface area (Å²) in [5.74, 6) is 1.12. The van der Waals surface area contributed by atoms with Gasteiger partial charge in [0, 0.05) is 42.6 Å². The first-order valence-corrected chi connectivity index (χ1v) is 10.0. The van der Waals surface area contributed by atoms with E-state index < -0.39 is 0 Å². The third kappa shape index (κ3) is 4.93. The second-order valence-corrected chi connectivity index (χ2v) is 7.99. The van der Waals surface area contributed by atoms with Crippen molar-refractivity contribution in [1.82, 2.24) is 4.90 Å². The summed E-state index contributed by atoms with van der Waals surface area (Å²) in [6.45, 7) is 5.30. The number of carbonyl (C=O) groups excluding carboxylic acids is 1. The van der Waals surface area contributed by atoms with E-state index in [-0.39, 0.29) is 11.2 Å². The molecule has 0 aliphatic carbocycles. The third-order valence-corrected chi connectivity index (χ3v) is 5.93. The molecule has 2 aromatic rings. The SMILES string of the molecule is CC(SCc1ccccc1)C(=O)N1CCN(c2ccc(Cl)cc2)CC1. The van der Waals surface area contributed by atoms with Gasteiger partial charge in [0.05, 0.1) is 5.25 Å². The molecule has 3 nitrogen and oxygen atoms in total. The molecule has 1 amide bonds. The van der Waals surface area contributed by atoms with Crippen LogP contribution in [0.15, 0.2) is 54.6 Å². The van der Waals surface area contributed by atoms with Crippen molar-refractivity contribution in [2.75, 3.05) is 31.1 Å². The molecule has 1 aliphatic rings. The maximum atomic E-state index is 12.7. The third-order valence-electron chi connectivity index (χ3n) is 4.47. The van der Waals surface area contributed by atoms with E-state index in [9.17, 15) is 4.79 Å². The Bertz CT molecular complexity index is 685. The van der Waals surface area contributed by atoms with E-state index >= 15 is 0 Å². The van der Waals surface area contributed by atoms with Crippen LogP contribution >= 0.6 is 23.4 Å². The van der Waals surface area contributed by atoms with Crippen LogP contribution in [0, 0.1) is 0 Å². The number of rotatable bonds is 5. The van der Waals surface area contributed by atoms with Gasteiger partial charge in [0.15, 0.2) is 0 Å². The molecule has 2 aromatic carbocycles. The Balaban J connectivity index is 1.48. The lowest BCUT2D eigenvalue weighted by molar-refractivity contribution is -0.130. The molecular weight excluding hydrogens is 352 g/mol. The van der Waals surface area contributed by atoms with Gasteiger partial charge >= 0.3 is 0 Å². The van der Waals surface area contributed by atoms with Crippen LogP contribution in [0.4, 0.5) is 5.69 Å². The summed E-state index contributed by atoms with van der Waals surface area (Å²) in [5, 5.41) is 0.740. The number of carbonyl (C=O) groups is 1. The van der Waals surface area contributed by atoms with Gasteiger partial charge in [-0.2, -0.15) is 0 Å². The first kappa shape index (κ1) is 18.2. The van der Waals surface area contributed by atoms with Crippen molar-refractivity contribution >= 4 is 35.0 Å². The molecule has 1 saturated heterocycles.